The summed E-state index contributed by atoms with van der Waals surface area (Å²) >= 11 is 1.21. The van der Waals surface area contributed by atoms with Gasteiger partial charge in [-0.3, -0.25) is 14.0 Å². The number of thiazole rings is 1. The number of carbonyl (C=O) groups is 2. The summed E-state index contributed by atoms with van der Waals surface area (Å²) in [6.07, 6.45) is 1.14. The molecule has 2 heterocycles. The average Bonchev–Trinajstić information content (AvgIpc) is 2.83. The predicted molar refractivity (Wildman–Crippen MR) is 75.6 cm³/mol. The third-order valence-corrected chi connectivity index (χ3v) is 3.53. The third kappa shape index (κ3) is 3.10. The van der Waals surface area contributed by atoms with Crippen LogP contribution in [0.3, 0.4) is 0 Å². The lowest BCUT2D eigenvalue weighted by molar-refractivity contribution is -0.142. The van der Waals surface area contributed by atoms with Gasteiger partial charge in [0, 0.05) is 11.1 Å². The van der Waals surface area contributed by atoms with Crippen LogP contribution in [0.1, 0.15) is 29.9 Å². The first-order valence-electron chi connectivity index (χ1n) is 6.39. The van der Waals surface area contributed by atoms with Crippen molar-refractivity contribution in [1.29, 1.82) is 0 Å². The minimum Gasteiger partial charge on any atom is -0.466 e. The molecule has 0 aliphatic rings. The van der Waals surface area contributed by atoms with E-state index in [9.17, 15) is 14.4 Å². The molecule has 0 radical (unpaired) electrons. The Labute approximate surface area is 124 Å². The van der Waals surface area contributed by atoms with Crippen molar-refractivity contribution in [2.75, 3.05) is 13.2 Å². The lowest BCUT2D eigenvalue weighted by atomic mass is 10.3. The second-order valence-electron chi connectivity index (χ2n) is 4.02. The van der Waals surface area contributed by atoms with Crippen molar-refractivity contribution in [1.82, 2.24) is 9.38 Å². The normalized spacial score (nSPS) is 10.6. The van der Waals surface area contributed by atoms with Crippen molar-refractivity contribution < 1.29 is 19.1 Å². The van der Waals surface area contributed by atoms with E-state index in [-0.39, 0.29) is 25.2 Å². The van der Waals surface area contributed by atoms with E-state index in [1.54, 1.807) is 19.2 Å². The lowest BCUT2D eigenvalue weighted by Crippen LogP contribution is -2.25. The molecule has 0 aliphatic carbocycles. The van der Waals surface area contributed by atoms with Crippen LogP contribution in [-0.2, 0) is 20.7 Å². The summed E-state index contributed by atoms with van der Waals surface area (Å²) in [7, 11) is 0. The van der Waals surface area contributed by atoms with Crippen LogP contribution < -0.4 is 5.56 Å². The fourth-order valence-electron chi connectivity index (χ4n) is 1.78. The second kappa shape index (κ2) is 6.49. The summed E-state index contributed by atoms with van der Waals surface area (Å²) in [4.78, 5) is 40.0. The van der Waals surface area contributed by atoms with Gasteiger partial charge in [0.05, 0.1) is 25.8 Å². The Bertz CT molecular complexity index is 734. The number of rotatable bonds is 5. The first-order chi connectivity index (χ1) is 10.1. The molecule has 2 aromatic heterocycles. The summed E-state index contributed by atoms with van der Waals surface area (Å²) in [5.74, 6) is -1.16. The summed E-state index contributed by atoms with van der Waals surface area (Å²) in [6.45, 7) is 3.79. The molecule has 7 nitrogen and oxygen atoms in total. The molecule has 0 aromatic carbocycles. The van der Waals surface area contributed by atoms with Crippen molar-refractivity contribution in [2.45, 2.75) is 20.3 Å². The maximum absolute atomic E-state index is 12.3. The van der Waals surface area contributed by atoms with E-state index in [0.29, 0.717) is 10.7 Å². The Morgan fingerprint density at radius 2 is 2.00 bits per heavy atom. The number of nitrogens with zero attached hydrogens (tertiary/aromatic N) is 2. The highest BCUT2D eigenvalue weighted by atomic mass is 32.1. The topological polar surface area (TPSA) is 87.0 Å². The Balaban J connectivity index is 2.45. The van der Waals surface area contributed by atoms with Crippen LogP contribution in [0.2, 0.25) is 0 Å². The Kier molecular flexibility index (Phi) is 4.69. The van der Waals surface area contributed by atoms with E-state index in [4.69, 9.17) is 9.47 Å². The number of aromatic nitrogens is 2. The molecule has 0 atom stereocenters. The van der Waals surface area contributed by atoms with E-state index in [0.717, 1.165) is 0 Å². The largest absolute Gasteiger partial charge is 0.466 e. The summed E-state index contributed by atoms with van der Waals surface area (Å²) in [6, 6.07) is 0. The molecule has 0 saturated carbocycles. The van der Waals surface area contributed by atoms with E-state index >= 15 is 0 Å². The van der Waals surface area contributed by atoms with Crippen LogP contribution in [0, 0.1) is 0 Å². The molecule has 2 rings (SSSR count). The first kappa shape index (κ1) is 15.2. The summed E-state index contributed by atoms with van der Waals surface area (Å²) in [5, 5.41) is 1.65. The maximum atomic E-state index is 12.3. The molecule has 0 unspecified atom stereocenters. The molecule has 0 fully saturated rings. The van der Waals surface area contributed by atoms with Gasteiger partial charge in [0.15, 0.2) is 4.96 Å². The van der Waals surface area contributed by atoms with Crippen LogP contribution in [0.5, 0.6) is 0 Å². The Morgan fingerprint density at radius 3 is 2.67 bits per heavy atom. The number of fused-ring (bicyclic) bond motifs is 1. The minimum atomic E-state index is -0.724. The molecule has 0 bridgehead atoms. The van der Waals surface area contributed by atoms with E-state index in [1.165, 1.54) is 21.9 Å². The fourth-order valence-corrected chi connectivity index (χ4v) is 2.63. The van der Waals surface area contributed by atoms with Gasteiger partial charge in [-0.1, -0.05) is 0 Å². The molecule has 0 aliphatic heterocycles. The van der Waals surface area contributed by atoms with Gasteiger partial charge in [-0.05, 0) is 13.8 Å². The molecular formula is C13H14N2O5S. The highest BCUT2D eigenvalue weighted by Gasteiger charge is 2.18. The molecule has 112 valence electrons. The molecule has 0 N–H and O–H groups in total. The van der Waals surface area contributed by atoms with E-state index < -0.39 is 17.5 Å². The zero-order chi connectivity index (χ0) is 15.4. The Morgan fingerprint density at radius 1 is 1.29 bits per heavy atom. The van der Waals surface area contributed by atoms with Crippen LogP contribution in [-0.4, -0.2) is 34.5 Å². The highest BCUT2D eigenvalue weighted by Crippen LogP contribution is 2.13. The maximum Gasteiger partial charge on any atom is 0.345 e. The van der Waals surface area contributed by atoms with Gasteiger partial charge in [0.2, 0.25) is 0 Å². The molecule has 21 heavy (non-hydrogen) atoms. The van der Waals surface area contributed by atoms with Crippen LogP contribution in [0.15, 0.2) is 16.4 Å². The molecular weight excluding hydrogens is 296 g/mol. The van der Waals surface area contributed by atoms with E-state index in [2.05, 4.69) is 4.98 Å². The summed E-state index contributed by atoms with van der Waals surface area (Å²) in [5.41, 5.74) is -0.256. The molecule has 8 heteroatoms. The number of hydrogen-bond acceptors (Lipinski definition) is 7. The Hall–Kier alpha value is -2.22. The van der Waals surface area contributed by atoms with Gasteiger partial charge in [0.1, 0.15) is 5.56 Å². The molecule has 0 amide bonds. The zero-order valence-corrected chi connectivity index (χ0v) is 12.4. The standard InChI is InChI=1S/C13H14N2O5S/c1-3-19-10(16)5-8-7-21-13-14-6-9(11(17)15(8)13)12(18)20-4-2/h6-7H,3-5H2,1-2H3. The smallest absolute Gasteiger partial charge is 0.345 e. The number of carbonyl (C=O) groups excluding carboxylic acids is 2. The number of ether oxygens (including phenoxy) is 2. The predicted octanol–water partition coefficient (Wildman–Crippen LogP) is 1.04. The van der Waals surface area contributed by atoms with Crippen molar-refractivity contribution in [3.8, 4) is 0 Å². The van der Waals surface area contributed by atoms with Gasteiger partial charge in [-0.15, -0.1) is 11.3 Å². The molecule has 0 saturated heterocycles. The summed E-state index contributed by atoms with van der Waals surface area (Å²) < 4.78 is 10.9. The zero-order valence-electron chi connectivity index (χ0n) is 11.6. The van der Waals surface area contributed by atoms with Gasteiger partial charge in [-0.25, -0.2) is 9.78 Å². The van der Waals surface area contributed by atoms with Crippen LogP contribution in [0.4, 0.5) is 0 Å². The first-order valence-corrected chi connectivity index (χ1v) is 7.27. The van der Waals surface area contributed by atoms with Crippen LogP contribution in [0.25, 0.3) is 4.96 Å². The van der Waals surface area contributed by atoms with E-state index in [1.807, 2.05) is 0 Å². The van der Waals surface area contributed by atoms with Crippen molar-refractivity contribution in [3.05, 3.63) is 33.2 Å². The van der Waals surface area contributed by atoms with Crippen molar-refractivity contribution >= 4 is 28.2 Å². The third-order valence-electron chi connectivity index (χ3n) is 2.64. The monoisotopic (exact) mass is 310 g/mol. The lowest BCUT2D eigenvalue weighted by Gasteiger charge is -2.04. The van der Waals surface area contributed by atoms with Gasteiger partial charge >= 0.3 is 11.9 Å². The van der Waals surface area contributed by atoms with Crippen molar-refractivity contribution in [3.63, 3.8) is 0 Å². The SMILES string of the molecule is CCOC(=O)Cc1csc2ncc(C(=O)OCC)c(=O)n12. The van der Waals surface area contributed by atoms with Gasteiger partial charge in [-0.2, -0.15) is 0 Å². The number of hydrogen-bond donors (Lipinski definition) is 0. The minimum absolute atomic E-state index is 0.0539. The van der Waals surface area contributed by atoms with Gasteiger partial charge < -0.3 is 9.47 Å². The quantitative estimate of drug-likeness (QED) is 0.767. The highest BCUT2D eigenvalue weighted by molar-refractivity contribution is 7.15. The molecule has 2 aromatic rings. The van der Waals surface area contributed by atoms with Crippen molar-refractivity contribution in [2.24, 2.45) is 0 Å². The van der Waals surface area contributed by atoms with Gasteiger partial charge in [0.25, 0.3) is 5.56 Å². The number of esters is 2. The van der Waals surface area contributed by atoms with Crippen LogP contribution >= 0.6 is 11.3 Å². The fraction of sp³-hybridized carbons (Fsp3) is 0.385. The second-order valence-corrected chi connectivity index (χ2v) is 4.86. The average molecular weight is 310 g/mol. The molecule has 0 spiro atoms.